The summed E-state index contributed by atoms with van der Waals surface area (Å²) in [7, 11) is 0. The van der Waals surface area contributed by atoms with Crippen LogP contribution in [-0.4, -0.2) is 56.7 Å². The molecule has 1 aliphatic heterocycles. The van der Waals surface area contributed by atoms with Crippen LogP contribution in [0, 0.1) is 0 Å². The monoisotopic (exact) mass is 467 g/mol. The lowest BCUT2D eigenvalue weighted by Crippen LogP contribution is -2.60. The van der Waals surface area contributed by atoms with Crippen LogP contribution in [-0.2, 0) is 14.3 Å². The first-order valence-corrected chi connectivity index (χ1v) is 13.0. The van der Waals surface area contributed by atoms with E-state index < -0.39 is 22.5 Å². The molecule has 182 valence electrons. The molecule has 32 heavy (non-hydrogen) atoms. The van der Waals surface area contributed by atoms with Crippen molar-refractivity contribution < 1.29 is 19.1 Å². The van der Waals surface area contributed by atoms with Gasteiger partial charge in [0.2, 0.25) is 11.8 Å². The molecule has 3 amide bonds. The van der Waals surface area contributed by atoms with Crippen molar-refractivity contribution in [3.8, 4) is 0 Å². The maximum Gasteiger partial charge on any atom is 0.408 e. The summed E-state index contributed by atoms with van der Waals surface area (Å²) in [6.07, 6.45) is 9.90. The van der Waals surface area contributed by atoms with Crippen molar-refractivity contribution in [1.29, 1.82) is 0 Å². The van der Waals surface area contributed by atoms with Crippen molar-refractivity contribution in [1.82, 2.24) is 15.5 Å². The molecule has 0 bridgehead atoms. The van der Waals surface area contributed by atoms with Crippen molar-refractivity contribution in [2.24, 2.45) is 0 Å². The summed E-state index contributed by atoms with van der Waals surface area (Å²) in [5, 5.41) is 5.87. The highest BCUT2D eigenvalue weighted by atomic mass is 32.2. The molecular formula is C24H41N3O4S. The van der Waals surface area contributed by atoms with Gasteiger partial charge in [0, 0.05) is 10.8 Å². The number of hydrogen-bond acceptors (Lipinski definition) is 5. The lowest BCUT2D eigenvalue weighted by molar-refractivity contribution is -0.144. The predicted octanol–water partition coefficient (Wildman–Crippen LogP) is 4.34. The Bertz CT molecular complexity index is 707. The van der Waals surface area contributed by atoms with Crippen LogP contribution in [0.25, 0.3) is 0 Å². The fraction of sp³-hybridized carbons (Fsp3) is 0.875. The number of amides is 3. The predicted molar refractivity (Wildman–Crippen MR) is 127 cm³/mol. The molecule has 1 heterocycles. The molecule has 0 aromatic carbocycles. The van der Waals surface area contributed by atoms with Crippen LogP contribution in [0.3, 0.4) is 0 Å². The Morgan fingerprint density at radius 2 is 1.59 bits per heavy atom. The first-order chi connectivity index (χ1) is 14.9. The van der Waals surface area contributed by atoms with E-state index in [4.69, 9.17) is 4.74 Å². The zero-order chi connectivity index (χ0) is 23.6. The van der Waals surface area contributed by atoms with Gasteiger partial charge in [-0.05, 0) is 60.3 Å². The average Bonchev–Trinajstić information content (AvgIpc) is 2.92. The van der Waals surface area contributed by atoms with E-state index in [0.29, 0.717) is 0 Å². The van der Waals surface area contributed by atoms with E-state index in [9.17, 15) is 14.4 Å². The van der Waals surface area contributed by atoms with Gasteiger partial charge in [-0.15, -0.1) is 11.8 Å². The number of alkyl carbamates (subject to hydrolysis) is 1. The SMILES string of the molecule is CC(C)(C)OC(=O)NCC(=O)N1[C@@H](C(=O)NC2CCCCC2)C(C)(C)SC12CCCCC2. The molecule has 8 heteroatoms. The minimum absolute atomic E-state index is 0.0533. The van der Waals surface area contributed by atoms with Gasteiger partial charge in [-0.3, -0.25) is 9.59 Å². The fourth-order valence-corrected chi connectivity index (χ4v) is 7.57. The molecule has 2 saturated carbocycles. The number of hydrogen-bond donors (Lipinski definition) is 2. The summed E-state index contributed by atoms with van der Waals surface area (Å²) >= 11 is 1.77. The molecule has 0 radical (unpaired) electrons. The average molecular weight is 468 g/mol. The third kappa shape index (κ3) is 5.91. The van der Waals surface area contributed by atoms with E-state index in [1.54, 1.807) is 32.5 Å². The van der Waals surface area contributed by atoms with Crippen molar-refractivity contribution >= 4 is 29.7 Å². The van der Waals surface area contributed by atoms with E-state index >= 15 is 0 Å². The smallest absolute Gasteiger partial charge is 0.408 e. The number of carbonyl (C=O) groups is 3. The maximum absolute atomic E-state index is 13.6. The van der Waals surface area contributed by atoms with Crippen LogP contribution in [0.4, 0.5) is 4.79 Å². The number of nitrogens with one attached hydrogen (secondary N) is 2. The van der Waals surface area contributed by atoms with Crippen LogP contribution in [0.15, 0.2) is 0 Å². The molecule has 2 N–H and O–H groups in total. The van der Waals surface area contributed by atoms with Gasteiger partial charge in [-0.25, -0.2) is 4.79 Å². The van der Waals surface area contributed by atoms with Gasteiger partial charge < -0.3 is 20.3 Å². The normalized spacial score (nSPS) is 25.4. The molecule has 3 fully saturated rings. The second kappa shape index (κ2) is 9.82. The Hall–Kier alpha value is -1.44. The van der Waals surface area contributed by atoms with Crippen LogP contribution in [0.5, 0.6) is 0 Å². The van der Waals surface area contributed by atoms with Crippen LogP contribution in [0.2, 0.25) is 0 Å². The lowest BCUT2D eigenvalue weighted by atomic mass is 9.89. The summed E-state index contributed by atoms with van der Waals surface area (Å²) in [4.78, 5) is 40.7. The van der Waals surface area contributed by atoms with Gasteiger partial charge in [0.15, 0.2) is 0 Å². The van der Waals surface area contributed by atoms with E-state index in [0.717, 1.165) is 57.8 Å². The summed E-state index contributed by atoms with van der Waals surface area (Å²) in [6, 6.07) is -0.364. The van der Waals surface area contributed by atoms with E-state index in [1.165, 1.54) is 6.42 Å². The largest absolute Gasteiger partial charge is 0.444 e. The van der Waals surface area contributed by atoms with Gasteiger partial charge in [0.05, 0.1) is 4.87 Å². The molecule has 0 aromatic rings. The Morgan fingerprint density at radius 3 is 2.19 bits per heavy atom. The van der Waals surface area contributed by atoms with E-state index in [-0.39, 0.29) is 29.3 Å². The molecule has 0 unspecified atom stereocenters. The Morgan fingerprint density at radius 1 is 1.00 bits per heavy atom. The highest BCUT2D eigenvalue weighted by Gasteiger charge is 2.60. The quantitative estimate of drug-likeness (QED) is 0.642. The Balaban J connectivity index is 1.79. The summed E-state index contributed by atoms with van der Waals surface area (Å²) in [6.45, 7) is 9.35. The second-order valence-corrected chi connectivity index (χ2v) is 13.1. The Kier molecular flexibility index (Phi) is 7.73. The number of thioether (sulfide) groups is 1. The molecule has 1 atom stereocenters. The minimum Gasteiger partial charge on any atom is -0.444 e. The fourth-order valence-electron chi connectivity index (χ4n) is 5.47. The van der Waals surface area contributed by atoms with Gasteiger partial charge in [-0.2, -0.15) is 0 Å². The van der Waals surface area contributed by atoms with Crippen molar-refractivity contribution in [2.45, 2.75) is 126 Å². The van der Waals surface area contributed by atoms with Crippen molar-refractivity contribution in [3.05, 3.63) is 0 Å². The Labute approximate surface area is 197 Å². The number of ether oxygens (including phenoxy) is 1. The summed E-state index contributed by atoms with van der Waals surface area (Å²) in [5.74, 6) is -0.262. The number of carbonyl (C=O) groups excluding carboxylic acids is 3. The highest BCUT2D eigenvalue weighted by Crippen LogP contribution is 2.57. The molecule has 7 nitrogen and oxygen atoms in total. The summed E-state index contributed by atoms with van der Waals surface area (Å²) < 4.78 is 4.89. The minimum atomic E-state index is -0.633. The topological polar surface area (TPSA) is 87.7 Å². The zero-order valence-electron chi connectivity index (χ0n) is 20.4. The van der Waals surface area contributed by atoms with Crippen LogP contribution >= 0.6 is 11.8 Å². The third-order valence-electron chi connectivity index (χ3n) is 6.70. The highest BCUT2D eigenvalue weighted by molar-refractivity contribution is 8.02. The van der Waals surface area contributed by atoms with Crippen LogP contribution in [0.1, 0.15) is 98.8 Å². The van der Waals surface area contributed by atoms with Gasteiger partial charge in [-0.1, -0.05) is 38.5 Å². The van der Waals surface area contributed by atoms with Gasteiger partial charge >= 0.3 is 6.09 Å². The zero-order valence-corrected chi connectivity index (χ0v) is 21.2. The first kappa shape index (κ1) is 25.2. The van der Waals surface area contributed by atoms with Gasteiger partial charge in [0.25, 0.3) is 0 Å². The number of rotatable bonds is 4. The van der Waals surface area contributed by atoms with E-state index in [2.05, 4.69) is 24.5 Å². The van der Waals surface area contributed by atoms with Crippen LogP contribution < -0.4 is 10.6 Å². The maximum atomic E-state index is 13.6. The molecule has 0 aromatic heterocycles. The second-order valence-electron chi connectivity index (χ2n) is 11.1. The molecule has 1 spiro atoms. The summed E-state index contributed by atoms with van der Waals surface area (Å²) in [5.41, 5.74) is -0.633. The molecule has 2 aliphatic carbocycles. The lowest BCUT2D eigenvalue weighted by Gasteiger charge is -2.42. The molecule has 3 rings (SSSR count). The standard InChI is InChI=1S/C24H41N3O4S/c1-22(2,3)31-21(30)25-16-18(28)27-19(20(29)26-17-12-8-6-9-13-17)23(4,5)32-24(27)14-10-7-11-15-24/h17,19H,6-16H2,1-5H3,(H,25,30)(H,26,29)/t19-/m0/s1. The van der Waals surface area contributed by atoms with Gasteiger partial charge in [0.1, 0.15) is 18.2 Å². The van der Waals surface area contributed by atoms with E-state index in [1.807, 2.05) is 4.90 Å². The molecule has 1 saturated heterocycles. The third-order valence-corrected chi connectivity index (χ3v) is 8.43. The molecular weight excluding hydrogens is 426 g/mol. The van der Waals surface area contributed by atoms with Crippen molar-refractivity contribution in [3.63, 3.8) is 0 Å². The first-order valence-electron chi connectivity index (χ1n) is 12.2. The molecule has 3 aliphatic rings. The number of nitrogens with zero attached hydrogens (tertiary/aromatic N) is 1. The van der Waals surface area contributed by atoms with Crippen molar-refractivity contribution in [2.75, 3.05) is 6.54 Å².